The molecule has 2 amide bonds. The molecule has 0 saturated carbocycles. The van der Waals surface area contributed by atoms with Crippen LogP contribution in [-0.2, 0) is 13.1 Å². The molecule has 1 N–H and O–H groups in total. The summed E-state index contributed by atoms with van der Waals surface area (Å²) in [6.45, 7) is 1.23. The number of nitrogens with zero attached hydrogens (tertiary/aromatic N) is 3. The lowest BCUT2D eigenvalue weighted by molar-refractivity contribution is 0.221. The average Bonchev–Trinajstić information content (AvgIpc) is 3.30. The fourth-order valence-electron chi connectivity index (χ4n) is 2.97. The maximum Gasteiger partial charge on any atom is 0.323 e. The zero-order valence-electron chi connectivity index (χ0n) is 15.0. The van der Waals surface area contributed by atoms with Gasteiger partial charge in [-0.25, -0.2) is 4.79 Å². The molecule has 0 bridgehead atoms. The summed E-state index contributed by atoms with van der Waals surface area (Å²) in [7, 11) is 1.79. The lowest BCUT2D eigenvalue weighted by Gasteiger charge is -2.16. The Labute approximate surface area is 161 Å². The van der Waals surface area contributed by atoms with Gasteiger partial charge in [-0.05, 0) is 28.0 Å². The molecule has 0 spiro atoms. The van der Waals surface area contributed by atoms with Gasteiger partial charge in [-0.2, -0.15) is 5.10 Å². The van der Waals surface area contributed by atoms with Crippen molar-refractivity contribution < 1.29 is 4.79 Å². The number of aromatic nitrogens is 2. The monoisotopic (exact) mass is 376 g/mol. The summed E-state index contributed by atoms with van der Waals surface area (Å²) in [6.07, 6.45) is 1.87. The van der Waals surface area contributed by atoms with Gasteiger partial charge in [0.15, 0.2) is 5.82 Å². The summed E-state index contributed by atoms with van der Waals surface area (Å²) in [6, 6.07) is 20.0. The number of hydrogen-bond acceptors (Lipinski definition) is 3. The van der Waals surface area contributed by atoms with E-state index in [1.54, 1.807) is 23.3 Å². The molecule has 6 heteroatoms. The lowest BCUT2D eigenvalue weighted by atomic mass is 10.2. The van der Waals surface area contributed by atoms with Gasteiger partial charge < -0.3 is 4.90 Å². The first-order chi connectivity index (χ1) is 13.2. The first kappa shape index (κ1) is 17.3. The number of urea groups is 1. The minimum Gasteiger partial charge on any atom is -0.323 e. The highest BCUT2D eigenvalue weighted by atomic mass is 32.1. The predicted molar refractivity (Wildman–Crippen MR) is 110 cm³/mol. The van der Waals surface area contributed by atoms with E-state index in [4.69, 9.17) is 0 Å². The van der Waals surface area contributed by atoms with Crippen LogP contribution in [0.2, 0.25) is 0 Å². The second kappa shape index (κ2) is 7.63. The van der Waals surface area contributed by atoms with Gasteiger partial charge >= 0.3 is 6.03 Å². The molecule has 0 unspecified atom stereocenters. The first-order valence-corrected chi connectivity index (χ1v) is 9.61. The van der Waals surface area contributed by atoms with Crippen LogP contribution in [0, 0.1) is 0 Å². The number of benzene rings is 2. The van der Waals surface area contributed by atoms with E-state index in [1.165, 1.54) is 15.6 Å². The van der Waals surface area contributed by atoms with Crippen LogP contribution < -0.4 is 5.32 Å². The van der Waals surface area contributed by atoms with Gasteiger partial charge in [0.2, 0.25) is 0 Å². The molecule has 0 aliphatic rings. The van der Waals surface area contributed by atoms with Gasteiger partial charge in [-0.1, -0.05) is 48.5 Å². The highest BCUT2D eigenvalue weighted by Gasteiger charge is 2.13. The van der Waals surface area contributed by atoms with Crippen molar-refractivity contribution in [1.82, 2.24) is 14.7 Å². The molecule has 27 heavy (non-hydrogen) atoms. The number of nitrogens with one attached hydrogen (secondary N) is 1. The smallest absolute Gasteiger partial charge is 0.323 e. The number of thiophene rings is 1. The third kappa shape index (κ3) is 4.01. The number of carbonyl (C=O) groups excluding carboxylic acids is 1. The number of hydrogen-bond donors (Lipinski definition) is 1. The Balaban J connectivity index is 1.38. The molecule has 2 heterocycles. The Morgan fingerprint density at radius 2 is 1.89 bits per heavy atom. The highest BCUT2D eigenvalue weighted by molar-refractivity contribution is 7.17. The standard InChI is InChI=1S/C21H20N4OS/c1-24(14-17-15-27-19-10-6-5-9-18(17)19)21(26)22-20-11-12-25(23-20)13-16-7-3-2-4-8-16/h2-12,15H,13-14H2,1H3,(H,22,23,26). The van der Waals surface area contributed by atoms with Gasteiger partial charge in [0, 0.05) is 30.6 Å². The van der Waals surface area contributed by atoms with E-state index in [0.29, 0.717) is 18.9 Å². The molecule has 5 nitrogen and oxygen atoms in total. The second-order valence-electron chi connectivity index (χ2n) is 6.43. The molecule has 0 atom stereocenters. The van der Waals surface area contributed by atoms with Crippen LogP contribution in [0.15, 0.2) is 72.2 Å². The fourth-order valence-corrected chi connectivity index (χ4v) is 3.93. The maximum absolute atomic E-state index is 12.5. The van der Waals surface area contributed by atoms with Crippen molar-refractivity contribution in [3.05, 3.63) is 83.4 Å². The van der Waals surface area contributed by atoms with Crippen molar-refractivity contribution in [2.75, 3.05) is 12.4 Å². The molecule has 4 aromatic rings. The molecule has 2 aromatic carbocycles. The summed E-state index contributed by atoms with van der Waals surface area (Å²) >= 11 is 1.70. The molecule has 136 valence electrons. The normalized spacial score (nSPS) is 10.9. The van der Waals surface area contributed by atoms with Gasteiger partial charge in [0.25, 0.3) is 0 Å². The molecule has 0 aliphatic carbocycles. The largest absolute Gasteiger partial charge is 0.323 e. The summed E-state index contributed by atoms with van der Waals surface area (Å²) in [5.74, 6) is 0.554. The first-order valence-electron chi connectivity index (χ1n) is 8.73. The van der Waals surface area contributed by atoms with Gasteiger partial charge in [-0.15, -0.1) is 11.3 Å². The van der Waals surface area contributed by atoms with Crippen LogP contribution in [0.4, 0.5) is 10.6 Å². The number of anilines is 1. The Morgan fingerprint density at radius 3 is 2.74 bits per heavy atom. The van der Waals surface area contributed by atoms with Crippen LogP contribution in [0.3, 0.4) is 0 Å². The van der Waals surface area contributed by atoms with E-state index >= 15 is 0 Å². The zero-order valence-corrected chi connectivity index (χ0v) is 15.8. The SMILES string of the molecule is CN(Cc1csc2ccccc12)C(=O)Nc1ccn(Cc2ccccc2)n1. The molecule has 0 fully saturated rings. The van der Waals surface area contributed by atoms with Crippen molar-refractivity contribution in [3.8, 4) is 0 Å². The summed E-state index contributed by atoms with van der Waals surface area (Å²) in [4.78, 5) is 14.2. The third-order valence-electron chi connectivity index (χ3n) is 4.38. The summed E-state index contributed by atoms with van der Waals surface area (Å²) in [5, 5.41) is 10.6. The Morgan fingerprint density at radius 1 is 1.11 bits per heavy atom. The molecule has 4 rings (SSSR count). The maximum atomic E-state index is 12.5. The zero-order chi connectivity index (χ0) is 18.6. The quantitative estimate of drug-likeness (QED) is 0.543. The number of fused-ring (bicyclic) bond motifs is 1. The van der Waals surface area contributed by atoms with Crippen molar-refractivity contribution >= 4 is 33.3 Å². The Kier molecular flexibility index (Phi) is 4.89. The van der Waals surface area contributed by atoms with E-state index in [-0.39, 0.29) is 6.03 Å². The molecule has 0 radical (unpaired) electrons. The highest BCUT2D eigenvalue weighted by Crippen LogP contribution is 2.26. The minimum atomic E-state index is -0.171. The van der Waals surface area contributed by atoms with Crippen molar-refractivity contribution in [1.29, 1.82) is 0 Å². The van der Waals surface area contributed by atoms with Crippen molar-refractivity contribution in [3.63, 3.8) is 0 Å². The molecular formula is C21H20N4OS. The average molecular weight is 376 g/mol. The van der Waals surface area contributed by atoms with E-state index in [2.05, 4.69) is 40.1 Å². The Bertz CT molecular complexity index is 1050. The molecule has 2 aromatic heterocycles. The Hall–Kier alpha value is -3.12. The fraction of sp³-hybridized carbons (Fsp3) is 0.143. The van der Waals surface area contributed by atoms with Gasteiger partial charge in [0.1, 0.15) is 0 Å². The van der Waals surface area contributed by atoms with E-state index < -0.39 is 0 Å². The lowest BCUT2D eigenvalue weighted by Crippen LogP contribution is -2.31. The predicted octanol–water partition coefficient (Wildman–Crippen LogP) is 4.81. The summed E-state index contributed by atoms with van der Waals surface area (Å²) in [5.41, 5.74) is 2.32. The molecular weight excluding hydrogens is 356 g/mol. The molecule has 0 aliphatic heterocycles. The summed E-state index contributed by atoms with van der Waals surface area (Å²) < 4.78 is 3.05. The van der Waals surface area contributed by atoms with E-state index in [9.17, 15) is 4.79 Å². The van der Waals surface area contributed by atoms with Crippen LogP contribution in [-0.4, -0.2) is 27.8 Å². The van der Waals surface area contributed by atoms with Crippen LogP contribution in [0.25, 0.3) is 10.1 Å². The van der Waals surface area contributed by atoms with Crippen LogP contribution in [0.1, 0.15) is 11.1 Å². The second-order valence-corrected chi connectivity index (χ2v) is 7.34. The van der Waals surface area contributed by atoms with Crippen molar-refractivity contribution in [2.24, 2.45) is 0 Å². The van der Waals surface area contributed by atoms with E-state index in [1.807, 2.05) is 47.3 Å². The molecule has 0 saturated heterocycles. The van der Waals surface area contributed by atoms with Crippen molar-refractivity contribution in [2.45, 2.75) is 13.1 Å². The topological polar surface area (TPSA) is 50.2 Å². The van der Waals surface area contributed by atoms with Gasteiger partial charge in [0.05, 0.1) is 6.54 Å². The third-order valence-corrected chi connectivity index (χ3v) is 5.39. The number of rotatable bonds is 5. The van der Waals surface area contributed by atoms with Crippen LogP contribution >= 0.6 is 11.3 Å². The number of amides is 2. The van der Waals surface area contributed by atoms with Gasteiger partial charge in [-0.3, -0.25) is 10.00 Å². The van der Waals surface area contributed by atoms with E-state index in [0.717, 1.165) is 5.56 Å². The number of carbonyl (C=O) groups is 1. The van der Waals surface area contributed by atoms with Crippen LogP contribution in [0.5, 0.6) is 0 Å². The minimum absolute atomic E-state index is 0.171.